The Morgan fingerprint density at radius 3 is 2.70 bits per heavy atom. The van der Waals surface area contributed by atoms with Gasteiger partial charge in [-0.1, -0.05) is 19.1 Å². The lowest BCUT2D eigenvalue weighted by atomic mass is 9.98. The third-order valence-corrected chi connectivity index (χ3v) is 3.28. The summed E-state index contributed by atoms with van der Waals surface area (Å²) in [6.07, 6.45) is 2.97. The van der Waals surface area contributed by atoms with E-state index >= 15 is 0 Å². The third kappa shape index (κ3) is 3.58. The molecule has 1 aromatic heterocycles. The number of nitrogens with one attached hydrogen (secondary N) is 1. The fraction of sp³-hybridized carbons (Fsp3) is 0.353. The number of pyridine rings is 1. The van der Waals surface area contributed by atoms with E-state index in [0.29, 0.717) is 0 Å². The average molecular weight is 270 g/mol. The summed E-state index contributed by atoms with van der Waals surface area (Å²) < 4.78 is 5.33. The molecule has 106 valence electrons. The van der Waals surface area contributed by atoms with Gasteiger partial charge in [0.15, 0.2) is 0 Å². The molecule has 1 atom stereocenters. The first kappa shape index (κ1) is 14.5. The van der Waals surface area contributed by atoms with Gasteiger partial charge in [0.05, 0.1) is 13.2 Å². The smallest absolute Gasteiger partial charge is 0.119 e. The molecule has 1 heterocycles. The zero-order valence-electron chi connectivity index (χ0n) is 12.4. The molecule has 3 heteroatoms. The van der Waals surface area contributed by atoms with E-state index in [0.717, 1.165) is 24.4 Å². The maximum Gasteiger partial charge on any atom is 0.119 e. The molecule has 2 aromatic rings. The molecule has 1 N–H and O–H groups in total. The van der Waals surface area contributed by atoms with Crippen LogP contribution >= 0.6 is 0 Å². The van der Waals surface area contributed by atoms with E-state index in [1.807, 2.05) is 25.3 Å². The van der Waals surface area contributed by atoms with Crippen molar-refractivity contribution < 1.29 is 4.74 Å². The number of hydrogen-bond donors (Lipinski definition) is 1. The highest BCUT2D eigenvalue weighted by Gasteiger charge is 2.14. The van der Waals surface area contributed by atoms with Gasteiger partial charge >= 0.3 is 0 Å². The lowest BCUT2D eigenvalue weighted by molar-refractivity contribution is 0.413. The number of hydrogen-bond acceptors (Lipinski definition) is 3. The summed E-state index contributed by atoms with van der Waals surface area (Å²) in [6.45, 7) is 5.17. The molecule has 0 aliphatic rings. The minimum Gasteiger partial charge on any atom is -0.497 e. The van der Waals surface area contributed by atoms with Gasteiger partial charge in [-0.2, -0.15) is 0 Å². The Bertz CT molecular complexity index is 554. The van der Waals surface area contributed by atoms with Gasteiger partial charge in [0, 0.05) is 11.9 Å². The molecular weight excluding hydrogens is 248 g/mol. The van der Waals surface area contributed by atoms with Gasteiger partial charge in [-0.3, -0.25) is 4.98 Å². The Kier molecular flexibility index (Phi) is 5.13. The van der Waals surface area contributed by atoms with Crippen LogP contribution in [0.4, 0.5) is 0 Å². The van der Waals surface area contributed by atoms with Crippen LogP contribution in [0.25, 0.3) is 0 Å². The standard InChI is InChI=1S/C17H22N2O/c1-4-9-19-17(15-8-10-18-13(2)11-15)14-6-5-7-16(12-14)20-3/h5-8,10-12,17,19H,4,9H2,1-3H3. The SMILES string of the molecule is CCCNC(c1cccc(OC)c1)c1ccnc(C)c1. The van der Waals surface area contributed by atoms with Crippen molar-refractivity contribution in [3.8, 4) is 5.75 Å². The van der Waals surface area contributed by atoms with Crippen molar-refractivity contribution in [3.63, 3.8) is 0 Å². The summed E-state index contributed by atoms with van der Waals surface area (Å²) in [5, 5.41) is 3.60. The van der Waals surface area contributed by atoms with E-state index in [1.165, 1.54) is 11.1 Å². The first-order chi connectivity index (χ1) is 9.74. The van der Waals surface area contributed by atoms with E-state index < -0.39 is 0 Å². The summed E-state index contributed by atoms with van der Waals surface area (Å²) in [7, 11) is 1.70. The largest absolute Gasteiger partial charge is 0.497 e. The van der Waals surface area contributed by atoms with Crippen LogP contribution < -0.4 is 10.1 Å². The quantitative estimate of drug-likeness (QED) is 0.872. The van der Waals surface area contributed by atoms with Gasteiger partial charge in [-0.05, 0) is 55.3 Å². The Hall–Kier alpha value is -1.87. The summed E-state index contributed by atoms with van der Waals surface area (Å²) in [4.78, 5) is 4.28. The van der Waals surface area contributed by atoms with Crippen molar-refractivity contribution in [1.29, 1.82) is 0 Å². The Balaban J connectivity index is 2.35. The first-order valence-electron chi connectivity index (χ1n) is 7.04. The fourth-order valence-corrected chi connectivity index (χ4v) is 2.28. The molecule has 0 aliphatic carbocycles. The van der Waals surface area contributed by atoms with E-state index in [-0.39, 0.29) is 6.04 Å². The summed E-state index contributed by atoms with van der Waals surface area (Å²) in [5.74, 6) is 0.886. The predicted molar refractivity (Wildman–Crippen MR) is 82.1 cm³/mol. The van der Waals surface area contributed by atoms with Crippen LogP contribution in [0, 0.1) is 6.92 Å². The Morgan fingerprint density at radius 1 is 1.20 bits per heavy atom. The maximum atomic E-state index is 5.33. The number of ether oxygens (including phenoxy) is 1. The zero-order chi connectivity index (χ0) is 14.4. The van der Waals surface area contributed by atoms with Crippen LogP contribution in [0.15, 0.2) is 42.6 Å². The molecule has 2 rings (SSSR count). The fourth-order valence-electron chi connectivity index (χ4n) is 2.28. The normalized spacial score (nSPS) is 12.2. The monoisotopic (exact) mass is 270 g/mol. The summed E-state index contributed by atoms with van der Waals surface area (Å²) in [6, 6.07) is 12.6. The van der Waals surface area contributed by atoms with Gasteiger partial charge in [-0.25, -0.2) is 0 Å². The van der Waals surface area contributed by atoms with Gasteiger partial charge in [-0.15, -0.1) is 0 Å². The predicted octanol–water partition coefficient (Wildman–Crippen LogP) is 3.49. The third-order valence-electron chi connectivity index (χ3n) is 3.28. The van der Waals surface area contributed by atoms with Crippen LogP contribution in [0.1, 0.15) is 36.2 Å². The second-order valence-corrected chi connectivity index (χ2v) is 4.89. The van der Waals surface area contributed by atoms with E-state index in [2.05, 4.69) is 41.5 Å². The molecule has 20 heavy (non-hydrogen) atoms. The van der Waals surface area contributed by atoms with Crippen molar-refractivity contribution in [1.82, 2.24) is 10.3 Å². The molecule has 1 aromatic carbocycles. The van der Waals surface area contributed by atoms with Crippen molar-refractivity contribution in [2.45, 2.75) is 26.3 Å². The molecule has 1 unspecified atom stereocenters. The van der Waals surface area contributed by atoms with Gasteiger partial charge in [0.1, 0.15) is 5.75 Å². The molecule has 0 spiro atoms. The summed E-state index contributed by atoms with van der Waals surface area (Å²) in [5.41, 5.74) is 3.48. The Labute approximate surface area is 121 Å². The van der Waals surface area contributed by atoms with E-state index in [4.69, 9.17) is 4.74 Å². The Morgan fingerprint density at radius 2 is 2.00 bits per heavy atom. The van der Waals surface area contributed by atoms with Crippen molar-refractivity contribution >= 4 is 0 Å². The van der Waals surface area contributed by atoms with Crippen molar-refractivity contribution in [2.24, 2.45) is 0 Å². The van der Waals surface area contributed by atoms with Gasteiger partial charge in [0.2, 0.25) is 0 Å². The molecular formula is C17H22N2O. The summed E-state index contributed by atoms with van der Waals surface area (Å²) >= 11 is 0. The number of benzene rings is 1. The molecule has 0 bridgehead atoms. The highest BCUT2D eigenvalue weighted by atomic mass is 16.5. The number of aryl methyl sites for hydroxylation is 1. The highest BCUT2D eigenvalue weighted by Crippen LogP contribution is 2.25. The lowest BCUT2D eigenvalue weighted by Gasteiger charge is -2.20. The van der Waals surface area contributed by atoms with Crippen LogP contribution in [-0.4, -0.2) is 18.6 Å². The second kappa shape index (κ2) is 7.06. The minimum absolute atomic E-state index is 0.173. The number of nitrogens with zero attached hydrogens (tertiary/aromatic N) is 1. The topological polar surface area (TPSA) is 34.1 Å². The molecule has 0 fully saturated rings. The van der Waals surface area contributed by atoms with Crippen molar-refractivity contribution in [2.75, 3.05) is 13.7 Å². The molecule has 0 radical (unpaired) electrons. The van der Waals surface area contributed by atoms with Crippen LogP contribution in [0.2, 0.25) is 0 Å². The number of methoxy groups -OCH3 is 1. The van der Waals surface area contributed by atoms with Gasteiger partial charge < -0.3 is 10.1 Å². The van der Waals surface area contributed by atoms with E-state index in [1.54, 1.807) is 7.11 Å². The average Bonchev–Trinajstić information content (AvgIpc) is 2.48. The van der Waals surface area contributed by atoms with Crippen LogP contribution in [0.5, 0.6) is 5.75 Å². The lowest BCUT2D eigenvalue weighted by Crippen LogP contribution is -2.23. The number of rotatable bonds is 6. The molecule has 0 amide bonds. The van der Waals surface area contributed by atoms with Gasteiger partial charge in [0.25, 0.3) is 0 Å². The zero-order valence-corrected chi connectivity index (χ0v) is 12.4. The second-order valence-electron chi connectivity index (χ2n) is 4.89. The molecule has 0 saturated heterocycles. The molecule has 3 nitrogen and oxygen atoms in total. The number of aromatic nitrogens is 1. The van der Waals surface area contributed by atoms with Crippen LogP contribution in [-0.2, 0) is 0 Å². The van der Waals surface area contributed by atoms with Crippen LogP contribution in [0.3, 0.4) is 0 Å². The van der Waals surface area contributed by atoms with E-state index in [9.17, 15) is 0 Å². The first-order valence-corrected chi connectivity index (χ1v) is 7.04. The maximum absolute atomic E-state index is 5.33. The minimum atomic E-state index is 0.173. The molecule has 0 saturated carbocycles. The highest BCUT2D eigenvalue weighted by molar-refractivity contribution is 5.36. The molecule has 0 aliphatic heterocycles. The van der Waals surface area contributed by atoms with Crippen molar-refractivity contribution in [3.05, 3.63) is 59.4 Å².